The zero-order chi connectivity index (χ0) is 22.2. The van der Waals surface area contributed by atoms with E-state index in [2.05, 4.69) is 10.6 Å². The van der Waals surface area contributed by atoms with Crippen molar-refractivity contribution in [1.29, 1.82) is 0 Å². The van der Waals surface area contributed by atoms with Gasteiger partial charge in [0.05, 0.1) is 28.9 Å². The first-order valence-corrected chi connectivity index (χ1v) is 9.93. The Labute approximate surface area is 184 Å². The SMILES string of the molecule is CCOC(=O)C1=C(COC(=O)COc2ccccc2Cl)NC(=O)NC1c1ccccc1. The van der Waals surface area contributed by atoms with Crippen LogP contribution in [-0.2, 0) is 19.1 Å². The summed E-state index contributed by atoms with van der Waals surface area (Å²) in [6.45, 7) is 1.10. The van der Waals surface area contributed by atoms with E-state index in [1.165, 1.54) is 0 Å². The van der Waals surface area contributed by atoms with Gasteiger partial charge < -0.3 is 24.8 Å². The summed E-state index contributed by atoms with van der Waals surface area (Å²) < 4.78 is 15.7. The molecule has 3 rings (SSSR count). The van der Waals surface area contributed by atoms with E-state index in [-0.39, 0.29) is 31.1 Å². The largest absolute Gasteiger partial charge is 0.480 e. The van der Waals surface area contributed by atoms with Crippen LogP contribution in [0.15, 0.2) is 65.9 Å². The van der Waals surface area contributed by atoms with Crippen LogP contribution in [0.1, 0.15) is 18.5 Å². The molecule has 1 atom stereocenters. The number of carbonyl (C=O) groups excluding carboxylic acids is 3. The van der Waals surface area contributed by atoms with Gasteiger partial charge in [-0.25, -0.2) is 14.4 Å². The average molecular weight is 445 g/mol. The fraction of sp³-hybridized carbons (Fsp3) is 0.227. The molecule has 2 aromatic rings. The first-order valence-electron chi connectivity index (χ1n) is 9.55. The zero-order valence-electron chi connectivity index (χ0n) is 16.7. The number of hydrogen-bond acceptors (Lipinski definition) is 6. The number of hydrogen-bond donors (Lipinski definition) is 2. The molecule has 0 aliphatic carbocycles. The number of ether oxygens (including phenoxy) is 3. The van der Waals surface area contributed by atoms with Gasteiger partial charge in [-0.2, -0.15) is 0 Å². The maximum atomic E-state index is 12.6. The van der Waals surface area contributed by atoms with E-state index in [1.807, 2.05) is 6.07 Å². The molecule has 2 N–H and O–H groups in total. The Morgan fingerprint density at radius 1 is 1.03 bits per heavy atom. The molecule has 0 radical (unpaired) electrons. The van der Waals surface area contributed by atoms with E-state index in [1.54, 1.807) is 55.5 Å². The molecule has 0 aromatic heterocycles. The molecule has 162 valence electrons. The second-order valence-electron chi connectivity index (χ2n) is 6.43. The molecular weight excluding hydrogens is 424 g/mol. The van der Waals surface area contributed by atoms with Crippen LogP contribution in [0.4, 0.5) is 4.79 Å². The molecule has 0 saturated heterocycles. The predicted molar refractivity (Wildman–Crippen MR) is 112 cm³/mol. The third-order valence-electron chi connectivity index (χ3n) is 4.34. The fourth-order valence-corrected chi connectivity index (χ4v) is 3.16. The predicted octanol–water partition coefficient (Wildman–Crippen LogP) is 3.13. The number of amides is 2. The normalized spacial score (nSPS) is 15.5. The van der Waals surface area contributed by atoms with Gasteiger partial charge in [0.1, 0.15) is 12.4 Å². The number of halogens is 1. The van der Waals surface area contributed by atoms with Gasteiger partial charge in [0.2, 0.25) is 0 Å². The van der Waals surface area contributed by atoms with Crippen molar-refractivity contribution in [3.63, 3.8) is 0 Å². The molecular formula is C22H21ClN2O6. The van der Waals surface area contributed by atoms with Crippen molar-refractivity contribution in [3.05, 3.63) is 76.5 Å². The van der Waals surface area contributed by atoms with Crippen LogP contribution in [0.3, 0.4) is 0 Å². The summed E-state index contributed by atoms with van der Waals surface area (Å²) in [5.74, 6) is -0.978. The second-order valence-corrected chi connectivity index (χ2v) is 6.84. The maximum absolute atomic E-state index is 12.6. The lowest BCUT2D eigenvalue weighted by Crippen LogP contribution is -2.47. The smallest absolute Gasteiger partial charge is 0.344 e. The standard InChI is InChI=1S/C22H21ClN2O6/c1-2-29-21(27)19-16(24-22(28)25-20(19)14-8-4-3-5-9-14)12-31-18(26)13-30-17-11-7-6-10-15(17)23/h3-11,20H,2,12-13H2,1H3,(H2,24,25,28). The molecule has 8 nitrogen and oxygen atoms in total. The molecule has 1 heterocycles. The van der Waals surface area contributed by atoms with Crippen LogP contribution < -0.4 is 15.4 Å². The summed E-state index contributed by atoms with van der Waals surface area (Å²) in [4.78, 5) is 37.0. The molecule has 1 aliphatic heterocycles. The second kappa shape index (κ2) is 10.5. The Hall–Kier alpha value is -3.52. The summed E-state index contributed by atoms with van der Waals surface area (Å²) in [5.41, 5.74) is 0.987. The first kappa shape index (κ1) is 22.2. The quantitative estimate of drug-likeness (QED) is 0.606. The Balaban J connectivity index is 1.76. The van der Waals surface area contributed by atoms with E-state index < -0.39 is 24.0 Å². The van der Waals surface area contributed by atoms with Crippen LogP contribution in [0.5, 0.6) is 5.75 Å². The van der Waals surface area contributed by atoms with Gasteiger partial charge in [-0.15, -0.1) is 0 Å². The number of esters is 2. The molecule has 1 unspecified atom stereocenters. The molecule has 0 fully saturated rings. The number of para-hydroxylation sites is 1. The topological polar surface area (TPSA) is 103 Å². The van der Waals surface area contributed by atoms with Crippen molar-refractivity contribution in [2.24, 2.45) is 0 Å². The monoisotopic (exact) mass is 444 g/mol. The lowest BCUT2D eigenvalue weighted by Gasteiger charge is -2.29. The van der Waals surface area contributed by atoms with E-state index in [0.717, 1.165) is 0 Å². The summed E-state index contributed by atoms with van der Waals surface area (Å²) in [7, 11) is 0. The Kier molecular flexibility index (Phi) is 7.50. The molecule has 0 bridgehead atoms. The summed E-state index contributed by atoms with van der Waals surface area (Å²) in [5, 5.41) is 5.60. The van der Waals surface area contributed by atoms with Crippen molar-refractivity contribution in [3.8, 4) is 5.75 Å². The van der Waals surface area contributed by atoms with Gasteiger partial charge in [-0.05, 0) is 24.6 Å². The molecule has 0 saturated carbocycles. The van der Waals surface area contributed by atoms with Gasteiger partial charge in [-0.1, -0.05) is 54.1 Å². The molecule has 0 spiro atoms. The summed E-state index contributed by atoms with van der Waals surface area (Å²) >= 11 is 5.99. The minimum absolute atomic E-state index is 0.141. The Bertz CT molecular complexity index is 993. The third kappa shape index (κ3) is 5.76. The highest BCUT2D eigenvalue weighted by molar-refractivity contribution is 6.32. The van der Waals surface area contributed by atoms with Gasteiger partial charge in [-0.3, -0.25) is 0 Å². The van der Waals surface area contributed by atoms with Gasteiger partial charge in [0.15, 0.2) is 6.61 Å². The van der Waals surface area contributed by atoms with Crippen LogP contribution in [0.2, 0.25) is 5.02 Å². The van der Waals surface area contributed by atoms with E-state index in [4.69, 9.17) is 25.8 Å². The molecule has 2 aromatic carbocycles. The number of carbonyl (C=O) groups is 3. The summed E-state index contributed by atoms with van der Waals surface area (Å²) in [6.07, 6.45) is 0. The molecule has 9 heteroatoms. The highest BCUT2D eigenvalue weighted by atomic mass is 35.5. The van der Waals surface area contributed by atoms with E-state index in [9.17, 15) is 14.4 Å². The number of benzene rings is 2. The minimum Gasteiger partial charge on any atom is -0.480 e. The third-order valence-corrected chi connectivity index (χ3v) is 4.65. The molecule has 2 amide bonds. The maximum Gasteiger partial charge on any atom is 0.344 e. The average Bonchev–Trinajstić information content (AvgIpc) is 2.77. The zero-order valence-corrected chi connectivity index (χ0v) is 17.5. The van der Waals surface area contributed by atoms with Gasteiger partial charge >= 0.3 is 18.0 Å². The van der Waals surface area contributed by atoms with E-state index >= 15 is 0 Å². The van der Waals surface area contributed by atoms with Crippen molar-refractivity contribution in [2.45, 2.75) is 13.0 Å². The number of urea groups is 1. The molecule has 31 heavy (non-hydrogen) atoms. The highest BCUT2D eigenvalue weighted by Crippen LogP contribution is 2.28. The minimum atomic E-state index is -0.748. The van der Waals surface area contributed by atoms with Crippen LogP contribution >= 0.6 is 11.6 Å². The van der Waals surface area contributed by atoms with Crippen molar-refractivity contribution >= 4 is 29.6 Å². The lowest BCUT2D eigenvalue weighted by molar-refractivity contribution is -0.145. The fourth-order valence-electron chi connectivity index (χ4n) is 2.97. The number of nitrogens with one attached hydrogen (secondary N) is 2. The van der Waals surface area contributed by atoms with Crippen LogP contribution in [-0.4, -0.2) is 37.8 Å². The van der Waals surface area contributed by atoms with Crippen molar-refractivity contribution < 1.29 is 28.6 Å². The van der Waals surface area contributed by atoms with E-state index in [0.29, 0.717) is 16.3 Å². The van der Waals surface area contributed by atoms with Crippen molar-refractivity contribution in [2.75, 3.05) is 19.8 Å². The Morgan fingerprint density at radius 3 is 2.45 bits per heavy atom. The van der Waals surface area contributed by atoms with Gasteiger partial charge in [0.25, 0.3) is 0 Å². The van der Waals surface area contributed by atoms with Crippen LogP contribution in [0.25, 0.3) is 0 Å². The first-order chi connectivity index (χ1) is 15.0. The number of rotatable bonds is 8. The summed E-state index contributed by atoms with van der Waals surface area (Å²) in [6, 6.07) is 14.4. The Morgan fingerprint density at radius 2 is 1.74 bits per heavy atom. The van der Waals surface area contributed by atoms with Crippen LogP contribution in [0, 0.1) is 0 Å². The van der Waals surface area contributed by atoms with Gasteiger partial charge in [0, 0.05) is 0 Å². The lowest BCUT2D eigenvalue weighted by atomic mass is 9.95. The highest BCUT2D eigenvalue weighted by Gasteiger charge is 2.34. The van der Waals surface area contributed by atoms with Crippen molar-refractivity contribution in [1.82, 2.24) is 10.6 Å². The molecule has 1 aliphatic rings.